The van der Waals surface area contributed by atoms with Gasteiger partial charge in [-0.2, -0.15) is 0 Å². The van der Waals surface area contributed by atoms with Crippen molar-refractivity contribution in [3.05, 3.63) is 58.7 Å². The number of carbonyl (C=O) groups excluding carboxylic acids is 1. The molecular weight excluding hydrogens is 371 g/mol. The molecular formula is C22H23FN4O2. The molecule has 1 heterocycles. The standard InChI is InChI=1S/C22H23FN4O2/c1-12-8-7-9-13(18(12)23)16-14(24-6)10-11-15(28)17(16)19(29)25-20-26-21(2,3)22(4,5)27-20/h7-11,28H,1-5H3,(H2,25,26,27,29). The SMILES string of the molecule is [C-]#[N+]c1ccc(O)c(C(=O)NC2=NC(C)(C)C(C)(C)N2)c1-c1cccc(C)c1F. The maximum absolute atomic E-state index is 14.8. The number of hydrogen-bond donors (Lipinski definition) is 3. The smallest absolute Gasteiger partial charge is 0.261 e. The van der Waals surface area contributed by atoms with Crippen molar-refractivity contribution in [2.24, 2.45) is 4.99 Å². The summed E-state index contributed by atoms with van der Waals surface area (Å²) >= 11 is 0. The zero-order valence-corrected chi connectivity index (χ0v) is 17.0. The molecule has 0 radical (unpaired) electrons. The van der Waals surface area contributed by atoms with Gasteiger partial charge in [0.05, 0.1) is 23.2 Å². The van der Waals surface area contributed by atoms with Crippen LogP contribution in [0.5, 0.6) is 5.75 Å². The van der Waals surface area contributed by atoms with E-state index in [1.807, 2.05) is 27.7 Å². The molecule has 0 saturated heterocycles. The quantitative estimate of drug-likeness (QED) is 0.665. The van der Waals surface area contributed by atoms with Gasteiger partial charge in [0.25, 0.3) is 5.91 Å². The van der Waals surface area contributed by atoms with E-state index in [0.29, 0.717) is 5.56 Å². The van der Waals surface area contributed by atoms with Crippen LogP contribution in [0.15, 0.2) is 35.3 Å². The topological polar surface area (TPSA) is 78.1 Å². The van der Waals surface area contributed by atoms with E-state index in [9.17, 15) is 14.3 Å². The summed E-state index contributed by atoms with van der Waals surface area (Å²) in [6.07, 6.45) is 0. The first-order valence-electron chi connectivity index (χ1n) is 9.17. The van der Waals surface area contributed by atoms with Gasteiger partial charge < -0.3 is 10.4 Å². The Hall–Kier alpha value is -3.40. The molecule has 0 atom stereocenters. The van der Waals surface area contributed by atoms with Gasteiger partial charge >= 0.3 is 0 Å². The van der Waals surface area contributed by atoms with Gasteiger partial charge in [0.2, 0.25) is 0 Å². The average molecular weight is 394 g/mol. The molecule has 150 valence electrons. The Morgan fingerprint density at radius 1 is 1.24 bits per heavy atom. The predicted molar refractivity (Wildman–Crippen MR) is 111 cm³/mol. The number of nitrogens with one attached hydrogen (secondary N) is 2. The van der Waals surface area contributed by atoms with E-state index in [1.54, 1.807) is 19.1 Å². The number of carbonyl (C=O) groups is 1. The molecule has 1 aliphatic heterocycles. The molecule has 6 nitrogen and oxygen atoms in total. The van der Waals surface area contributed by atoms with Crippen LogP contribution in [0.25, 0.3) is 16.0 Å². The van der Waals surface area contributed by atoms with Gasteiger partial charge in [0.1, 0.15) is 11.6 Å². The van der Waals surface area contributed by atoms with E-state index in [-0.39, 0.29) is 34.1 Å². The zero-order chi connectivity index (χ0) is 21.6. The third kappa shape index (κ3) is 3.42. The van der Waals surface area contributed by atoms with Gasteiger partial charge in [-0.3, -0.25) is 10.1 Å². The average Bonchev–Trinajstić information content (AvgIpc) is 2.83. The second-order valence-corrected chi connectivity index (χ2v) is 8.13. The van der Waals surface area contributed by atoms with Crippen molar-refractivity contribution in [3.63, 3.8) is 0 Å². The molecule has 1 amide bonds. The number of rotatable bonds is 2. The van der Waals surface area contributed by atoms with Crippen molar-refractivity contribution in [2.75, 3.05) is 0 Å². The predicted octanol–water partition coefficient (Wildman–Crippen LogP) is 4.30. The largest absolute Gasteiger partial charge is 0.507 e. The Morgan fingerprint density at radius 3 is 2.52 bits per heavy atom. The first-order chi connectivity index (χ1) is 13.5. The van der Waals surface area contributed by atoms with Crippen molar-refractivity contribution >= 4 is 17.6 Å². The maximum Gasteiger partial charge on any atom is 0.261 e. The Labute approximate surface area is 169 Å². The lowest BCUT2D eigenvalue weighted by Crippen LogP contribution is -2.52. The highest BCUT2D eigenvalue weighted by atomic mass is 19.1. The van der Waals surface area contributed by atoms with Crippen molar-refractivity contribution in [2.45, 2.75) is 45.7 Å². The van der Waals surface area contributed by atoms with E-state index in [4.69, 9.17) is 6.57 Å². The number of nitrogens with zero attached hydrogens (tertiary/aromatic N) is 2. The molecule has 0 spiro atoms. The number of guanidine groups is 1. The Morgan fingerprint density at radius 2 is 1.93 bits per heavy atom. The summed E-state index contributed by atoms with van der Waals surface area (Å²) in [5.41, 5.74) is -0.467. The molecule has 3 N–H and O–H groups in total. The van der Waals surface area contributed by atoms with E-state index < -0.39 is 22.8 Å². The third-order valence-corrected chi connectivity index (χ3v) is 5.55. The number of phenolic OH excluding ortho intramolecular Hbond substituents is 1. The van der Waals surface area contributed by atoms with Gasteiger partial charge in [-0.25, -0.2) is 14.2 Å². The van der Waals surface area contributed by atoms with Crippen LogP contribution >= 0.6 is 0 Å². The van der Waals surface area contributed by atoms with Crippen LogP contribution in [0.4, 0.5) is 10.1 Å². The van der Waals surface area contributed by atoms with Crippen molar-refractivity contribution in [1.82, 2.24) is 10.6 Å². The Balaban J connectivity index is 2.12. The molecule has 0 aromatic heterocycles. The summed E-state index contributed by atoms with van der Waals surface area (Å²) in [7, 11) is 0. The summed E-state index contributed by atoms with van der Waals surface area (Å²) in [6, 6.07) is 7.35. The van der Waals surface area contributed by atoms with Crippen LogP contribution in [0.1, 0.15) is 43.6 Å². The fourth-order valence-electron chi connectivity index (χ4n) is 3.14. The number of aliphatic imine (C=N–C) groups is 1. The van der Waals surface area contributed by atoms with Crippen LogP contribution in [-0.2, 0) is 0 Å². The van der Waals surface area contributed by atoms with Crippen molar-refractivity contribution < 1.29 is 14.3 Å². The van der Waals surface area contributed by atoms with Gasteiger partial charge in [-0.15, -0.1) is 0 Å². The lowest BCUT2D eigenvalue weighted by atomic mass is 9.85. The number of aryl methyl sites for hydroxylation is 1. The molecule has 0 aliphatic carbocycles. The first-order valence-corrected chi connectivity index (χ1v) is 9.17. The van der Waals surface area contributed by atoms with Crippen LogP contribution in [0, 0.1) is 19.3 Å². The molecule has 0 unspecified atom stereocenters. The number of amides is 1. The summed E-state index contributed by atoms with van der Waals surface area (Å²) < 4.78 is 14.8. The lowest BCUT2D eigenvalue weighted by molar-refractivity contribution is 0.0974. The number of benzene rings is 2. The van der Waals surface area contributed by atoms with E-state index in [0.717, 1.165) is 0 Å². The Kier molecular flexibility index (Phi) is 4.83. The van der Waals surface area contributed by atoms with E-state index in [2.05, 4.69) is 20.5 Å². The molecule has 2 aromatic rings. The highest BCUT2D eigenvalue weighted by Crippen LogP contribution is 2.40. The number of halogens is 1. The minimum absolute atomic E-state index is 0.0517. The van der Waals surface area contributed by atoms with Gasteiger partial charge in [-0.05, 0) is 46.2 Å². The zero-order valence-electron chi connectivity index (χ0n) is 17.0. The fourth-order valence-corrected chi connectivity index (χ4v) is 3.14. The minimum atomic E-state index is -0.677. The monoisotopic (exact) mass is 394 g/mol. The molecule has 0 bridgehead atoms. The highest BCUT2D eigenvalue weighted by Gasteiger charge is 2.43. The molecule has 3 rings (SSSR count). The number of aromatic hydroxyl groups is 1. The van der Waals surface area contributed by atoms with Gasteiger partial charge in [0.15, 0.2) is 11.6 Å². The second kappa shape index (κ2) is 6.89. The molecule has 7 heteroatoms. The van der Waals surface area contributed by atoms with E-state index in [1.165, 1.54) is 18.2 Å². The van der Waals surface area contributed by atoms with Gasteiger partial charge in [0, 0.05) is 11.1 Å². The van der Waals surface area contributed by atoms with E-state index >= 15 is 0 Å². The summed E-state index contributed by atoms with van der Waals surface area (Å²) in [6.45, 7) is 16.8. The maximum atomic E-state index is 14.8. The Bertz CT molecular complexity index is 1080. The fraction of sp³-hybridized carbons (Fsp3) is 0.318. The van der Waals surface area contributed by atoms with Crippen LogP contribution in [0.3, 0.4) is 0 Å². The highest BCUT2D eigenvalue weighted by molar-refractivity contribution is 6.13. The second-order valence-electron chi connectivity index (χ2n) is 8.13. The van der Waals surface area contributed by atoms with Crippen LogP contribution < -0.4 is 10.6 Å². The van der Waals surface area contributed by atoms with Gasteiger partial charge in [-0.1, -0.05) is 24.3 Å². The molecule has 0 saturated carbocycles. The molecule has 2 aromatic carbocycles. The molecule has 1 aliphatic rings. The number of hydrogen-bond acceptors (Lipinski definition) is 4. The minimum Gasteiger partial charge on any atom is -0.507 e. The van der Waals surface area contributed by atoms with Crippen LogP contribution in [0.2, 0.25) is 0 Å². The third-order valence-electron chi connectivity index (χ3n) is 5.55. The molecule has 0 fully saturated rings. The van der Waals surface area contributed by atoms with Crippen molar-refractivity contribution in [3.8, 4) is 16.9 Å². The van der Waals surface area contributed by atoms with Crippen molar-refractivity contribution in [1.29, 1.82) is 0 Å². The molecule has 29 heavy (non-hydrogen) atoms. The number of phenols is 1. The first kappa shape index (κ1) is 20.3. The lowest BCUT2D eigenvalue weighted by Gasteiger charge is -2.32. The summed E-state index contributed by atoms with van der Waals surface area (Å²) in [4.78, 5) is 21.0. The normalized spacial score (nSPS) is 16.5. The van der Waals surface area contributed by atoms with Crippen LogP contribution in [-0.4, -0.2) is 28.1 Å². The summed E-state index contributed by atoms with van der Waals surface area (Å²) in [5, 5.41) is 16.2. The summed E-state index contributed by atoms with van der Waals surface area (Å²) in [5.74, 6) is -1.31.